The third kappa shape index (κ3) is 3.81. The molecule has 2 N–H and O–H groups in total. The lowest BCUT2D eigenvalue weighted by Crippen LogP contribution is -2.26. The fourth-order valence-corrected chi connectivity index (χ4v) is 2.67. The summed E-state index contributed by atoms with van der Waals surface area (Å²) in [6.07, 6.45) is 5.04. The normalized spacial score (nSPS) is 12.3. The summed E-state index contributed by atoms with van der Waals surface area (Å²) in [5, 5.41) is 14.2. The lowest BCUT2D eigenvalue weighted by molar-refractivity contribution is 0.0910. The van der Waals surface area contributed by atoms with Crippen molar-refractivity contribution < 1.29 is 9.21 Å². The highest BCUT2D eigenvalue weighted by atomic mass is 32.2. The van der Waals surface area contributed by atoms with E-state index in [2.05, 4.69) is 25.6 Å². The number of aryl methyl sites for hydroxylation is 1. The second-order valence-electron chi connectivity index (χ2n) is 4.99. The third-order valence-corrected chi connectivity index (χ3v) is 4.10. The molecular weight excluding hydrogens is 316 g/mol. The van der Waals surface area contributed by atoms with E-state index in [9.17, 15) is 4.79 Å². The fourth-order valence-electron chi connectivity index (χ4n) is 2.00. The number of nitrogens with one attached hydrogen (secondary N) is 2. The van der Waals surface area contributed by atoms with Crippen molar-refractivity contribution in [3.8, 4) is 0 Å². The summed E-state index contributed by atoms with van der Waals surface area (Å²) < 4.78 is 7.27. The lowest BCUT2D eigenvalue weighted by Gasteiger charge is -2.10. The van der Waals surface area contributed by atoms with E-state index in [1.54, 1.807) is 23.0 Å². The fraction of sp³-hybridized carbons (Fsp3) is 0.286. The SMILES string of the molecule is CC(NC(=O)c1ccc(CSc2ncn[nH]2)o1)c1cnn(C)c1. The second kappa shape index (κ2) is 6.69. The molecule has 0 aliphatic heterocycles. The van der Waals surface area contributed by atoms with Crippen LogP contribution in [0.4, 0.5) is 0 Å². The Kier molecular flexibility index (Phi) is 4.47. The molecule has 0 spiro atoms. The molecule has 0 radical (unpaired) electrons. The van der Waals surface area contributed by atoms with Crippen molar-refractivity contribution in [1.29, 1.82) is 0 Å². The Morgan fingerprint density at radius 2 is 2.39 bits per heavy atom. The Hall–Kier alpha value is -2.55. The van der Waals surface area contributed by atoms with Gasteiger partial charge in [0.1, 0.15) is 12.1 Å². The number of H-pyrrole nitrogens is 1. The Bertz CT molecular complexity index is 779. The summed E-state index contributed by atoms with van der Waals surface area (Å²) in [4.78, 5) is 16.2. The number of hydrogen-bond acceptors (Lipinski definition) is 6. The summed E-state index contributed by atoms with van der Waals surface area (Å²) in [5.41, 5.74) is 0.938. The maximum Gasteiger partial charge on any atom is 0.287 e. The smallest absolute Gasteiger partial charge is 0.287 e. The zero-order valence-electron chi connectivity index (χ0n) is 12.7. The second-order valence-corrected chi connectivity index (χ2v) is 5.95. The molecule has 3 aromatic heterocycles. The molecular formula is C14H16N6O2S. The van der Waals surface area contributed by atoms with Crippen molar-refractivity contribution in [2.75, 3.05) is 0 Å². The van der Waals surface area contributed by atoms with Gasteiger partial charge >= 0.3 is 0 Å². The van der Waals surface area contributed by atoms with E-state index >= 15 is 0 Å². The molecule has 0 aliphatic rings. The molecule has 3 heterocycles. The van der Waals surface area contributed by atoms with Crippen molar-refractivity contribution in [1.82, 2.24) is 30.3 Å². The average molecular weight is 332 g/mol. The molecule has 1 atom stereocenters. The Labute approximate surface area is 136 Å². The molecule has 1 unspecified atom stereocenters. The topological polar surface area (TPSA) is 102 Å². The molecule has 0 fully saturated rings. The van der Waals surface area contributed by atoms with E-state index in [0.717, 1.165) is 5.56 Å². The summed E-state index contributed by atoms with van der Waals surface area (Å²) in [6, 6.07) is 3.31. The molecule has 23 heavy (non-hydrogen) atoms. The highest BCUT2D eigenvalue weighted by Crippen LogP contribution is 2.20. The van der Waals surface area contributed by atoms with Gasteiger partial charge in [-0.1, -0.05) is 11.8 Å². The van der Waals surface area contributed by atoms with E-state index in [4.69, 9.17) is 4.42 Å². The van der Waals surface area contributed by atoms with Gasteiger partial charge in [-0.2, -0.15) is 10.2 Å². The van der Waals surface area contributed by atoms with Crippen LogP contribution < -0.4 is 5.32 Å². The number of aromatic nitrogens is 5. The first-order valence-corrected chi connectivity index (χ1v) is 7.96. The predicted molar refractivity (Wildman–Crippen MR) is 83.7 cm³/mol. The maximum atomic E-state index is 12.2. The molecule has 120 valence electrons. The number of carbonyl (C=O) groups excluding carboxylic acids is 1. The van der Waals surface area contributed by atoms with Crippen LogP contribution in [0.2, 0.25) is 0 Å². The number of amides is 1. The predicted octanol–water partition coefficient (Wildman–Crippen LogP) is 1.91. The van der Waals surface area contributed by atoms with Gasteiger partial charge in [0.05, 0.1) is 18.0 Å². The van der Waals surface area contributed by atoms with Crippen molar-refractivity contribution in [2.45, 2.75) is 23.9 Å². The monoisotopic (exact) mass is 332 g/mol. The molecule has 0 saturated heterocycles. The van der Waals surface area contributed by atoms with E-state index in [-0.39, 0.29) is 17.7 Å². The van der Waals surface area contributed by atoms with Crippen LogP contribution in [-0.2, 0) is 12.8 Å². The number of hydrogen-bond donors (Lipinski definition) is 2. The van der Waals surface area contributed by atoms with Crippen LogP contribution >= 0.6 is 11.8 Å². The van der Waals surface area contributed by atoms with Gasteiger partial charge in [0, 0.05) is 18.8 Å². The van der Waals surface area contributed by atoms with E-state index < -0.39 is 0 Å². The van der Waals surface area contributed by atoms with Gasteiger partial charge < -0.3 is 9.73 Å². The molecule has 9 heteroatoms. The van der Waals surface area contributed by atoms with Gasteiger partial charge in [-0.05, 0) is 19.1 Å². The number of aromatic amines is 1. The molecule has 3 rings (SSSR count). The molecule has 1 amide bonds. The summed E-state index contributed by atoms with van der Waals surface area (Å²) in [6.45, 7) is 1.90. The van der Waals surface area contributed by atoms with Crippen molar-refractivity contribution in [3.05, 3.63) is 47.9 Å². The summed E-state index contributed by atoms with van der Waals surface area (Å²) >= 11 is 1.45. The van der Waals surface area contributed by atoms with Crippen LogP contribution in [-0.4, -0.2) is 30.9 Å². The first kappa shape index (κ1) is 15.3. The number of furan rings is 1. The van der Waals surface area contributed by atoms with Crippen molar-refractivity contribution >= 4 is 17.7 Å². The average Bonchev–Trinajstić information content (AvgIpc) is 3.26. The van der Waals surface area contributed by atoms with E-state index in [1.807, 2.05) is 20.2 Å². The van der Waals surface area contributed by atoms with Gasteiger partial charge in [0.25, 0.3) is 5.91 Å². The number of thioether (sulfide) groups is 1. The molecule has 3 aromatic rings. The number of rotatable bonds is 6. The Balaban J connectivity index is 1.57. The summed E-state index contributed by atoms with van der Waals surface area (Å²) in [7, 11) is 1.84. The van der Waals surface area contributed by atoms with Crippen molar-refractivity contribution in [3.63, 3.8) is 0 Å². The highest BCUT2D eigenvalue weighted by molar-refractivity contribution is 7.98. The van der Waals surface area contributed by atoms with Crippen LogP contribution in [0.5, 0.6) is 0 Å². The molecule has 0 saturated carbocycles. The quantitative estimate of drug-likeness (QED) is 0.669. The molecule has 8 nitrogen and oxygen atoms in total. The number of nitrogens with zero attached hydrogens (tertiary/aromatic N) is 4. The first-order chi connectivity index (χ1) is 11.1. The molecule has 0 aliphatic carbocycles. The van der Waals surface area contributed by atoms with Crippen molar-refractivity contribution in [2.24, 2.45) is 7.05 Å². The molecule has 0 bridgehead atoms. The third-order valence-electron chi connectivity index (χ3n) is 3.20. The van der Waals surface area contributed by atoms with Gasteiger partial charge in [-0.25, -0.2) is 4.98 Å². The minimum atomic E-state index is -0.253. The van der Waals surface area contributed by atoms with Gasteiger partial charge in [0.2, 0.25) is 0 Å². The zero-order valence-corrected chi connectivity index (χ0v) is 13.5. The lowest BCUT2D eigenvalue weighted by atomic mass is 10.2. The maximum absolute atomic E-state index is 12.2. The van der Waals surface area contributed by atoms with E-state index in [1.165, 1.54) is 18.1 Å². The van der Waals surface area contributed by atoms with Crippen LogP contribution in [0, 0.1) is 0 Å². The standard InChI is InChI=1S/C14H16N6O2S/c1-9(10-5-17-20(2)6-10)18-13(21)12-4-3-11(22-12)7-23-14-15-8-16-19-14/h3-6,8-9H,7H2,1-2H3,(H,18,21)(H,15,16,19). The van der Waals surface area contributed by atoms with Crippen LogP contribution in [0.15, 0.2) is 40.4 Å². The van der Waals surface area contributed by atoms with Crippen LogP contribution in [0.1, 0.15) is 34.8 Å². The minimum absolute atomic E-state index is 0.145. The highest BCUT2D eigenvalue weighted by Gasteiger charge is 2.16. The summed E-state index contributed by atoms with van der Waals surface area (Å²) in [5.74, 6) is 1.30. The van der Waals surface area contributed by atoms with Gasteiger partial charge in [-0.3, -0.25) is 14.6 Å². The van der Waals surface area contributed by atoms with Crippen LogP contribution in [0.3, 0.4) is 0 Å². The Morgan fingerprint density at radius 3 is 3.09 bits per heavy atom. The van der Waals surface area contributed by atoms with Gasteiger partial charge in [-0.15, -0.1) is 0 Å². The number of carbonyl (C=O) groups is 1. The molecule has 0 aromatic carbocycles. The zero-order chi connectivity index (χ0) is 16.2. The largest absolute Gasteiger partial charge is 0.455 e. The van der Waals surface area contributed by atoms with E-state index in [0.29, 0.717) is 16.7 Å². The minimum Gasteiger partial charge on any atom is -0.455 e. The first-order valence-electron chi connectivity index (χ1n) is 6.98. The van der Waals surface area contributed by atoms with Gasteiger partial charge in [0.15, 0.2) is 10.9 Å². The van der Waals surface area contributed by atoms with Crippen LogP contribution in [0.25, 0.3) is 0 Å². The Morgan fingerprint density at radius 1 is 1.52 bits per heavy atom.